The third-order valence-corrected chi connectivity index (χ3v) is 3.79. The summed E-state index contributed by atoms with van der Waals surface area (Å²) in [5.41, 5.74) is 1.79. The van der Waals surface area contributed by atoms with Gasteiger partial charge in [-0.05, 0) is 37.1 Å². The smallest absolute Gasteiger partial charge is 0.272 e. The van der Waals surface area contributed by atoms with E-state index in [1.807, 2.05) is 0 Å². The highest BCUT2D eigenvalue weighted by Crippen LogP contribution is 2.38. The molecule has 20 heavy (non-hydrogen) atoms. The third-order valence-electron chi connectivity index (χ3n) is 3.29. The molecule has 1 amide bonds. The highest BCUT2D eigenvalue weighted by molar-refractivity contribution is 9.10. The van der Waals surface area contributed by atoms with Crippen molar-refractivity contribution in [1.29, 1.82) is 0 Å². The van der Waals surface area contributed by atoms with Crippen molar-refractivity contribution < 1.29 is 9.18 Å². The van der Waals surface area contributed by atoms with Crippen LogP contribution in [-0.2, 0) is 6.54 Å². The van der Waals surface area contributed by atoms with Crippen molar-refractivity contribution in [2.24, 2.45) is 0 Å². The van der Waals surface area contributed by atoms with E-state index in [2.05, 4.69) is 31.4 Å². The Kier molecular flexibility index (Phi) is 3.56. The van der Waals surface area contributed by atoms with Gasteiger partial charge in [-0.3, -0.25) is 9.89 Å². The van der Waals surface area contributed by atoms with Crippen LogP contribution < -0.4 is 5.32 Å². The van der Waals surface area contributed by atoms with Gasteiger partial charge in [-0.15, -0.1) is 0 Å². The van der Waals surface area contributed by atoms with E-state index in [0.717, 1.165) is 23.0 Å². The van der Waals surface area contributed by atoms with Crippen molar-refractivity contribution in [2.75, 3.05) is 0 Å². The summed E-state index contributed by atoms with van der Waals surface area (Å²) in [6.07, 6.45) is 2.29. The zero-order valence-electron chi connectivity index (χ0n) is 10.6. The van der Waals surface area contributed by atoms with Gasteiger partial charge in [0.1, 0.15) is 11.5 Å². The average Bonchev–Trinajstić information content (AvgIpc) is 3.17. The Morgan fingerprint density at radius 3 is 3.00 bits per heavy atom. The summed E-state index contributed by atoms with van der Waals surface area (Å²) >= 11 is 3.28. The number of rotatable bonds is 4. The van der Waals surface area contributed by atoms with Crippen LogP contribution in [0.3, 0.4) is 0 Å². The van der Waals surface area contributed by atoms with Crippen LogP contribution in [0.1, 0.15) is 40.5 Å². The van der Waals surface area contributed by atoms with E-state index in [-0.39, 0.29) is 18.3 Å². The molecule has 0 atom stereocenters. The number of H-pyrrole nitrogens is 1. The zero-order chi connectivity index (χ0) is 14.1. The predicted octanol–water partition coefficient (Wildman–Crippen LogP) is 3.12. The monoisotopic (exact) mass is 337 g/mol. The standard InChI is InChI=1S/C14H13BrFN3O/c15-10-3-4-11(16)9(5-10)7-17-14(20)13-6-12(18-19-13)8-1-2-8/h3-6,8H,1-2,7H2,(H,17,20)(H,18,19). The molecule has 4 nitrogen and oxygen atoms in total. The fraction of sp³-hybridized carbons (Fsp3) is 0.286. The number of halogens is 2. The topological polar surface area (TPSA) is 57.8 Å². The lowest BCUT2D eigenvalue weighted by molar-refractivity contribution is 0.0945. The van der Waals surface area contributed by atoms with E-state index < -0.39 is 0 Å². The third kappa shape index (κ3) is 2.90. The van der Waals surface area contributed by atoms with Gasteiger partial charge in [-0.25, -0.2) is 4.39 Å². The molecule has 1 heterocycles. The van der Waals surface area contributed by atoms with Crippen LogP contribution in [0.5, 0.6) is 0 Å². The molecule has 0 aliphatic heterocycles. The minimum Gasteiger partial charge on any atom is -0.346 e. The molecule has 3 rings (SSSR count). The van der Waals surface area contributed by atoms with E-state index in [1.165, 1.54) is 6.07 Å². The number of amides is 1. The lowest BCUT2D eigenvalue weighted by Crippen LogP contribution is -2.23. The Bertz CT molecular complexity index is 652. The zero-order valence-corrected chi connectivity index (χ0v) is 12.2. The molecule has 0 bridgehead atoms. The number of hydrogen-bond acceptors (Lipinski definition) is 2. The predicted molar refractivity (Wildman–Crippen MR) is 75.8 cm³/mol. The van der Waals surface area contributed by atoms with Gasteiger partial charge in [-0.1, -0.05) is 15.9 Å². The first kappa shape index (κ1) is 13.3. The minimum absolute atomic E-state index is 0.135. The summed E-state index contributed by atoms with van der Waals surface area (Å²) in [6, 6.07) is 6.40. The molecule has 1 aliphatic rings. The van der Waals surface area contributed by atoms with Crippen molar-refractivity contribution in [3.8, 4) is 0 Å². The largest absolute Gasteiger partial charge is 0.346 e. The maximum atomic E-state index is 13.5. The van der Waals surface area contributed by atoms with Crippen LogP contribution in [0.2, 0.25) is 0 Å². The van der Waals surface area contributed by atoms with Gasteiger partial charge in [0.15, 0.2) is 0 Å². The fourth-order valence-corrected chi connectivity index (χ4v) is 2.41. The molecule has 1 aromatic carbocycles. The van der Waals surface area contributed by atoms with Crippen LogP contribution in [0.25, 0.3) is 0 Å². The highest BCUT2D eigenvalue weighted by atomic mass is 79.9. The summed E-state index contributed by atoms with van der Waals surface area (Å²) in [4.78, 5) is 11.9. The van der Waals surface area contributed by atoms with Crippen molar-refractivity contribution in [3.63, 3.8) is 0 Å². The van der Waals surface area contributed by atoms with Crippen molar-refractivity contribution in [2.45, 2.75) is 25.3 Å². The lowest BCUT2D eigenvalue weighted by atomic mass is 10.2. The molecule has 1 aliphatic carbocycles. The quantitative estimate of drug-likeness (QED) is 0.900. The van der Waals surface area contributed by atoms with E-state index in [1.54, 1.807) is 18.2 Å². The molecular weight excluding hydrogens is 325 g/mol. The van der Waals surface area contributed by atoms with Crippen LogP contribution in [-0.4, -0.2) is 16.1 Å². The van der Waals surface area contributed by atoms with Crippen LogP contribution in [0.4, 0.5) is 4.39 Å². The Balaban J connectivity index is 1.64. The Labute approximate surface area is 123 Å². The van der Waals surface area contributed by atoms with E-state index in [0.29, 0.717) is 17.2 Å². The maximum Gasteiger partial charge on any atom is 0.272 e. The van der Waals surface area contributed by atoms with Crippen molar-refractivity contribution >= 4 is 21.8 Å². The van der Waals surface area contributed by atoms with E-state index >= 15 is 0 Å². The van der Waals surface area contributed by atoms with Gasteiger partial charge in [0.2, 0.25) is 0 Å². The van der Waals surface area contributed by atoms with Crippen molar-refractivity contribution in [3.05, 3.63) is 51.5 Å². The molecule has 2 N–H and O–H groups in total. The summed E-state index contributed by atoms with van der Waals surface area (Å²) in [7, 11) is 0. The Hall–Kier alpha value is -1.69. The number of aromatic nitrogens is 2. The second kappa shape index (κ2) is 5.36. The second-order valence-corrected chi connectivity index (χ2v) is 5.82. The van der Waals surface area contributed by atoms with E-state index in [9.17, 15) is 9.18 Å². The molecule has 0 radical (unpaired) electrons. The number of benzene rings is 1. The van der Waals surface area contributed by atoms with E-state index in [4.69, 9.17) is 0 Å². The SMILES string of the molecule is O=C(NCc1cc(Br)ccc1F)c1cc(C2CC2)[nH]n1. The molecule has 6 heteroatoms. The highest BCUT2D eigenvalue weighted by Gasteiger charge is 2.26. The summed E-state index contributed by atoms with van der Waals surface area (Å²) < 4.78 is 14.3. The minimum atomic E-state index is -0.339. The maximum absolute atomic E-state index is 13.5. The summed E-state index contributed by atoms with van der Waals surface area (Å²) in [5, 5.41) is 9.54. The fourth-order valence-electron chi connectivity index (χ4n) is 2.00. The molecule has 1 fully saturated rings. The first-order valence-electron chi connectivity index (χ1n) is 6.41. The van der Waals surface area contributed by atoms with Crippen molar-refractivity contribution in [1.82, 2.24) is 15.5 Å². The second-order valence-electron chi connectivity index (χ2n) is 4.90. The molecule has 0 saturated heterocycles. The summed E-state index contributed by atoms with van der Waals surface area (Å²) in [6.45, 7) is 0.135. The van der Waals surface area contributed by atoms with Gasteiger partial charge in [0.25, 0.3) is 5.91 Å². The van der Waals surface area contributed by atoms with Gasteiger partial charge in [-0.2, -0.15) is 5.10 Å². The van der Waals surface area contributed by atoms with Crippen LogP contribution in [0, 0.1) is 5.82 Å². The number of carbonyl (C=O) groups is 1. The lowest BCUT2D eigenvalue weighted by Gasteiger charge is -2.05. The van der Waals surface area contributed by atoms with Gasteiger partial charge < -0.3 is 5.32 Å². The van der Waals surface area contributed by atoms with Gasteiger partial charge in [0.05, 0.1) is 0 Å². The molecule has 104 valence electrons. The Morgan fingerprint density at radius 2 is 2.25 bits per heavy atom. The van der Waals surface area contributed by atoms with Crippen LogP contribution >= 0.6 is 15.9 Å². The first-order valence-corrected chi connectivity index (χ1v) is 7.20. The first-order chi connectivity index (χ1) is 9.63. The van der Waals surface area contributed by atoms with Gasteiger partial charge in [0, 0.05) is 28.2 Å². The molecule has 2 aromatic rings. The number of nitrogens with zero attached hydrogens (tertiary/aromatic N) is 1. The molecule has 0 spiro atoms. The average molecular weight is 338 g/mol. The number of carbonyl (C=O) groups excluding carboxylic acids is 1. The number of nitrogens with one attached hydrogen (secondary N) is 2. The molecule has 0 unspecified atom stereocenters. The van der Waals surface area contributed by atoms with Crippen LogP contribution in [0.15, 0.2) is 28.7 Å². The molecule has 1 saturated carbocycles. The molecule has 1 aromatic heterocycles. The van der Waals surface area contributed by atoms with Gasteiger partial charge >= 0.3 is 0 Å². The normalized spacial score (nSPS) is 14.3. The molecular formula is C14H13BrFN3O. The number of hydrogen-bond donors (Lipinski definition) is 2. The Morgan fingerprint density at radius 1 is 1.45 bits per heavy atom. The number of aromatic amines is 1. The summed E-state index contributed by atoms with van der Waals surface area (Å²) in [5.74, 6) is -0.117.